The van der Waals surface area contributed by atoms with Gasteiger partial charge in [0.15, 0.2) is 0 Å². The molecule has 18 heavy (non-hydrogen) atoms. The molecule has 1 aromatic heterocycles. The van der Waals surface area contributed by atoms with Crippen LogP contribution in [-0.2, 0) is 9.47 Å². The van der Waals surface area contributed by atoms with Gasteiger partial charge in [0.1, 0.15) is 0 Å². The van der Waals surface area contributed by atoms with Crippen LogP contribution in [0.1, 0.15) is 30.2 Å². The van der Waals surface area contributed by atoms with Crippen molar-refractivity contribution in [3.63, 3.8) is 0 Å². The van der Waals surface area contributed by atoms with Gasteiger partial charge in [-0.15, -0.1) is 11.3 Å². The summed E-state index contributed by atoms with van der Waals surface area (Å²) in [7, 11) is 0. The average molecular weight is 289 g/mol. The van der Waals surface area contributed by atoms with Crippen molar-refractivity contribution >= 4 is 22.9 Å². The van der Waals surface area contributed by atoms with Gasteiger partial charge in [0.25, 0.3) is 0 Å². The Morgan fingerprint density at radius 3 is 3.00 bits per heavy atom. The third kappa shape index (κ3) is 2.45. The third-order valence-electron chi connectivity index (χ3n) is 3.93. The summed E-state index contributed by atoms with van der Waals surface area (Å²) in [5, 5.41) is 10.5. The number of halogens is 1. The standard InChI is InChI=1S/C13H17ClO3S/c14-11-2-1-10(18-11)12(15)9-3-5-17-13(7-9)4-6-16-8-13/h1-2,9,12,15H,3-8H2. The SMILES string of the molecule is OC(c1ccc(Cl)s1)C1CCOC2(CCOC2)C1. The van der Waals surface area contributed by atoms with Crippen molar-refractivity contribution in [2.24, 2.45) is 5.92 Å². The highest BCUT2D eigenvalue weighted by molar-refractivity contribution is 7.16. The number of thiophene rings is 1. The molecule has 2 aliphatic heterocycles. The highest BCUT2D eigenvalue weighted by Gasteiger charge is 2.43. The first-order valence-corrected chi connectivity index (χ1v) is 7.53. The zero-order chi connectivity index (χ0) is 12.6. The fourth-order valence-corrected chi connectivity index (χ4v) is 4.06. The minimum absolute atomic E-state index is 0.148. The molecule has 0 aliphatic carbocycles. The Morgan fingerprint density at radius 1 is 1.44 bits per heavy atom. The number of hydrogen-bond acceptors (Lipinski definition) is 4. The van der Waals surface area contributed by atoms with Gasteiger partial charge < -0.3 is 14.6 Å². The van der Waals surface area contributed by atoms with E-state index in [0.29, 0.717) is 13.2 Å². The number of aliphatic hydroxyl groups is 1. The maximum absolute atomic E-state index is 10.5. The van der Waals surface area contributed by atoms with Crippen LogP contribution >= 0.6 is 22.9 Å². The van der Waals surface area contributed by atoms with Crippen LogP contribution in [0, 0.1) is 5.92 Å². The van der Waals surface area contributed by atoms with Gasteiger partial charge in [-0.25, -0.2) is 0 Å². The Balaban J connectivity index is 1.72. The second kappa shape index (κ2) is 5.10. The Labute approximate surface area is 116 Å². The van der Waals surface area contributed by atoms with Crippen molar-refractivity contribution in [3.05, 3.63) is 21.3 Å². The lowest BCUT2D eigenvalue weighted by molar-refractivity contribution is -0.116. The number of aliphatic hydroxyl groups excluding tert-OH is 1. The summed E-state index contributed by atoms with van der Waals surface area (Å²) in [6.07, 6.45) is 2.30. The largest absolute Gasteiger partial charge is 0.387 e. The van der Waals surface area contributed by atoms with Gasteiger partial charge in [-0.1, -0.05) is 11.6 Å². The number of hydrogen-bond donors (Lipinski definition) is 1. The lowest BCUT2D eigenvalue weighted by Crippen LogP contribution is -2.41. The minimum atomic E-state index is -0.427. The van der Waals surface area contributed by atoms with Crippen LogP contribution in [0.15, 0.2) is 12.1 Å². The zero-order valence-electron chi connectivity index (χ0n) is 10.1. The molecule has 1 aromatic rings. The van der Waals surface area contributed by atoms with Crippen LogP contribution in [0.3, 0.4) is 0 Å². The normalized spacial score (nSPS) is 34.0. The van der Waals surface area contributed by atoms with E-state index >= 15 is 0 Å². The Kier molecular flexibility index (Phi) is 3.65. The molecule has 100 valence electrons. The van der Waals surface area contributed by atoms with Gasteiger partial charge >= 0.3 is 0 Å². The highest BCUT2D eigenvalue weighted by Crippen LogP contribution is 2.42. The van der Waals surface area contributed by atoms with Gasteiger partial charge in [0, 0.05) is 24.5 Å². The molecule has 3 heterocycles. The predicted octanol–water partition coefficient (Wildman–Crippen LogP) is 3.02. The zero-order valence-corrected chi connectivity index (χ0v) is 11.7. The minimum Gasteiger partial charge on any atom is -0.387 e. The summed E-state index contributed by atoms with van der Waals surface area (Å²) >= 11 is 7.39. The number of ether oxygens (including phenoxy) is 2. The van der Waals surface area contributed by atoms with Crippen LogP contribution in [0.25, 0.3) is 0 Å². The summed E-state index contributed by atoms with van der Waals surface area (Å²) < 4.78 is 12.1. The Bertz CT molecular complexity index is 414. The molecular weight excluding hydrogens is 272 g/mol. The van der Waals surface area contributed by atoms with Crippen LogP contribution < -0.4 is 0 Å². The molecular formula is C13H17ClO3S. The van der Waals surface area contributed by atoms with E-state index in [4.69, 9.17) is 21.1 Å². The lowest BCUT2D eigenvalue weighted by atomic mass is 9.82. The topological polar surface area (TPSA) is 38.7 Å². The van der Waals surface area contributed by atoms with E-state index in [0.717, 1.165) is 35.1 Å². The van der Waals surface area contributed by atoms with Gasteiger partial charge in [0.05, 0.1) is 22.6 Å². The summed E-state index contributed by atoms with van der Waals surface area (Å²) in [4.78, 5) is 0.959. The van der Waals surface area contributed by atoms with Crippen LogP contribution in [-0.4, -0.2) is 30.5 Å². The summed E-state index contributed by atoms with van der Waals surface area (Å²) in [6, 6.07) is 3.77. The molecule has 1 spiro atoms. The smallest absolute Gasteiger partial charge is 0.0940 e. The summed E-state index contributed by atoms with van der Waals surface area (Å²) in [5.74, 6) is 0.246. The maximum Gasteiger partial charge on any atom is 0.0940 e. The van der Waals surface area contributed by atoms with Crippen molar-refractivity contribution in [2.75, 3.05) is 19.8 Å². The third-order valence-corrected chi connectivity index (χ3v) is 5.23. The van der Waals surface area contributed by atoms with Crippen molar-refractivity contribution < 1.29 is 14.6 Å². The number of rotatable bonds is 2. The predicted molar refractivity (Wildman–Crippen MR) is 71.1 cm³/mol. The molecule has 3 nitrogen and oxygen atoms in total. The van der Waals surface area contributed by atoms with E-state index < -0.39 is 6.10 Å². The van der Waals surface area contributed by atoms with Crippen molar-refractivity contribution in [3.8, 4) is 0 Å². The monoisotopic (exact) mass is 288 g/mol. The fraction of sp³-hybridized carbons (Fsp3) is 0.692. The fourth-order valence-electron chi connectivity index (χ4n) is 2.92. The molecule has 3 rings (SSSR count). The quantitative estimate of drug-likeness (QED) is 0.909. The first kappa shape index (κ1) is 12.9. The van der Waals surface area contributed by atoms with Gasteiger partial charge in [0.2, 0.25) is 0 Å². The first-order chi connectivity index (χ1) is 8.69. The van der Waals surface area contributed by atoms with Gasteiger partial charge in [-0.2, -0.15) is 0 Å². The van der Waals surface area contributed by atoms with E-state index in [9.17, 15) is 5.11 Å². The molecule has 3 unspecified atom stereocenters. The molecule has 0 aromatic carbocycles. The van der Waals surface area contributed by atoms with E-state index in [1.165, 1.54) is 11.3 Å². The van der Waals surface area contributed by atoms with Crippen LogP contribution in [0.5, 0.6) is 0 Å². The molecule has 5 heteroatoms. The van der Waals surface area contributed by atoms with E-state index in [1.54, 1.807) is 0 Å². The van der Waals surface area contributed by atoms with Crippen LogP contribution in [0.4, 0.5) is 0 Å². The average Bonchev–Trinajstić information content (AvgIpc) is 2.98. The second-order valence-corrected chi connectivity index (χ2v) is 6.92. The van der Waals surface area contributed by atoms with E-state index in [2.05, 4.69) is 0 Å². The van der Waals surface area contributed by atoms with Gasteiger partial charge in [-0.3, -0.25) is 0 Å². The Hall–Kier alpha value is -0.130. The van der Waals surface area contributed by atoms with Crippen molar-refractivity contribution in [1.29, 1.82) is 0 Å². The molecule has 1 N–H and O–H groups in total. The maximum atomic E-state index is 10.5. The second-order valence-electron chi connectivity index (χ2n) is 5.17. The van der Waals surface area contributed by atoms with Crippen molar-refractivity contribution in [1.82, 2.24) is 0 Å². The summed E-state index contributed by atoms with van der Waals surface area (Å²) in [5.41, 5.74) is -0.148. The molecule has 0 bridgehead atoms. The van der Waals surface area contributed by atoms with Crippen molar-refractivity contribution in [2.45, 2.75) is 31.0 Å². The molecule has 2 fully saturated rings. The molecule has 2 saturated heterocycles. The molecule has 0 radical (unpaired) electrons. The summed E-state index contributed by atoms with van der Waals surface area (Å²) in [6.45, 7) is 2.15. The molecule has 0 amide bonds. The highest BCUT2D eigenvalue weighted by atomic mass is 35.5. The Morgan fingerprint density at radius 2 is 2.33 bits per heavy atom. The van der Waals surface area contributed by atoms with Crippen LogP contribution in [0.2, 0.25) is 4.34 Å². The first-order valence-electron chi connectivity index (χ1n) is 6.34. The molecule has 0 saturated carbocycles. The molecule has 2 aliphatic rings. The van der Waals surface area contributed by atoms with Gasteiger partial charge in [-0.05, 0) is 30.9 Å². The van der Waals surface area contributed by atoms with E-state index in [-0.39, 0.29) is 11.5 Å². The molecule has 3 atom stereocenters. The lowest BCUT2D eigenvalue weighted by Gasteiger charge is -2.38. The van der Waals surface area contributed by atoms with E-state index in [1.807, 2.05) is 12.1 Å².